The van der Waals surface area contributed by atoms with E-state index in [0.717, 1.165) is 19.2 Å². The molecule has 0 atom stereocenters. The first-order chi connectivity index (χ1) is 8.20. The van der Waals surface area contributed by atoms with Crippen molar-refractivity contribution >= 4 is 11.8 Å². The lowest BCUT2D eigenvalue weighted by molar-refractivity contribution is -0.289. The Bertz CT molecular complexity index is 444. The number of rotatable bonds is 2. The molecule has 8 heteroatoms. The van der Waals surface area contributed by atoms with E-state index >= 15 is 0 Å². The highest BCUT2D eigenvalue weighted by Gasteiger charge is 2.59. The van der Waals surface area contributed by atoms with Gasteiger partial charge in [0, 0.05) is 0 Å². The summed E-state index contributed by atoms with van der Waals surface area (Å²) in [6.45, 7) is 0. The largest absolute Gasteiger partial charge is 0.458 e. The van der Waals surface area contributed by atoms with Crippen molar-refractivity contribution in [2.75, 3.05) is 12.4 Å². The van der Waals surface area contributed by atoms with E-state index in [1.54, 1.807) is 5.32 Å². The molecule has 1 aromatic rings. The summed E-state index contributed by atoms with van der Waals surface area (Å²) in [7, 11) is 0.958. The standard InChI is InChI=1S/C10H8F5NO2/c1-18-8(17)16-7-5-3-2-4-6(7)9(11,12)10(13,14)15/h2-5H,1H3,(H,16,17). The number of methoxy groups -OCH3 is 1. The van der Waals surface area contributed by atoms with Gasteiger partial charge in [0.25, 0.3) is 0 Å². The molecule has 1 N–H and O–H groups in total. The molecule has 0 saturated heterocycles. The molecular weight excluding hydrogens is 261 g/mol. The lowest BCUT2D eigenvalue weighted by atomic mass is 10.1. The fraction of sp³-hybridized carbons (Fsp3) is 0.300. The zero-order valence-corrected chi connectivity index (χ0v) is 9.02. The number of ether oxygens (including phenoxy) is 1. The normalized spacial score (nSPS) is 12.1. The number of carbonyl (C=O) groups excluding carboxylic acids is 1. The van der Waals surface area contributed by atoms with Crippen molar-refractivity contribution in [1.82, 2.24) is 0 Å². The summed E-state index contributed by atoms with van der Waals surface area (Å²) in [4.78, 5) is 10.9. The summed E-state index contributed by atoms with van der Waals surface area (Å²) < 4.78 is 67.1. The average molecular weight is 269 g/mol. The van der Waals surface area contributed by atoms with E-state index in [-0.39, 0.29) is 0 Å². The number of benzene rings is 1. The highest BCUT2D eigenvalue weighted by Crippen LogP contribution is 2.46. The van der Waals surface area contributed by atoms with Gasteiger partial charge in [-0.2, -0.15) is 22.0 Å². The maximum atomic E-state index is 13.2. The van der Waals surface area contributed by atoms with Crippen LogP contribution in [0, 0.1) is 0 Å². The van der Waals surface area contributed by atoms with Crippen molar-refractivity contribution in [2.24, 2.45) is 0 Å². The molecule has 1 rings (SSSR count). The Morgan fingerprint density at radius 1 is 1.17 bits per heavy atom. The third-order valence-electron chi connectivity index (χ3n) is 2.04. The maximum absolute atomic E-state index is 13.2. The number of hydrogen-bond acceptors (Lipinski definition) is 2. The molecule has 1 aromatic carbocycles. The topological polar surface area (TPSA) is 38.3 Å². The number of nitrogens with one attached hydrogen (secondary N) is 1. The Kier molecular flexibility index (Phi) is 3.78. The smallest absolute Gasteiger partial charge is 0.453 e. The highest BCUT2D eigenvalue weighted by molar-refractivity contribution is 5.85. The van der Waals surface area contributed by atoms with Crippen LogP contribution in [0.1, 0.15) is 5.56 Å². The number of alkyl halides is 5. The van der Waals surface area contributed by atoms with Crippen LogP contribution in [-0.4, -0.2) is 19.4 Å². The van der Waals surface area contributed by atoms with E-state index in [2.05, 4.69) is 4.74 Å². The fourth-order valence-corrected chi connectivity index (χ4v) is 1.18. The Morgan fingerprint density at radius 2 is 1.72 bits per heavy atom. The van der Waals surface area contributed by atoms with E-state index < -0.39 is 29.4 Å². The van der Waals surface area contributed by atoms with Gasteiger partial charge in [-0.15, -0.1) is 0 Å². The molecule has 0 aromatic heterocycles. The van der Waals surface area contributed by atoms with Gasteiger partial charge in [0.05, 0.1) is 18.4 Å². The van der Waals surface area contributed by atoms with Crippen LogP contribution in [0.15, 0.2) is 24.3 Å². The molecule has 3 nitrogen and oxygen atoms in total. The fourth-order valence-electron chi connectivity index (χ4n) is 1.18. The predicted molar refractivity (Wildman–Crippen MR) is 52.4 cm³/mol. The van der Waals surface area contributed by atoms with Crippen molar-refractivity contribution in [3.05, 3.63) is 29.8 Å². The zero-order valence-electron chi connectivity index (χ0n) is 9.02. The monoisotopic (exact) mass is 269 g/mol. The number of amides is 1. The summed E-state index contributed by atoms with van der Waals surface area (Å²) in [6.07, 6.45) is -6.89. The van der Waals surface area contributed by atoms with Crippen molar-refractivity contribution in [3.8, 4) is 0 Å². The second kappa shape index (κ2) is 4.79. The SMILES string of the molecule is COC(=O)Nc1ccccc1C(F)(F)C(F)(F)F. The highest BCUT2D eigenvalue weighted by atomic mass is 19.4. The number of hydrogen-bond donors (Lipinski definition) is 1. The van der Waals surface area contributed by atoms with E-state index in [1.165, 1.54) is 6.07 Å². The molecule has 18 heavy (non-hydrogen) atoms. The summed E-state index contributed by atoms with van der Waals surface area (Å²) in [5.41, 5.74) is -2.01. The molecule has 0 aliphatic heterocycles. The molecule has 0 spiro atoms. The first-order valence-electron chi connectivity index (χ1n) is 4.59. The summed E-state index contributed by atoms with van der Waals surface area (Å²) in [6, 6.07) is 3.73. The summed E-state index contributed by atoms with van der Waals surface area (Å²) >= 11 is 0. The van der Waals surface area contributed by atoms with Crippen molar-refractivity contribution in [2.45, 2.75) is 12.1 Å². The van der Waals surface area contributed by atoms with Crippen LogP contribution in [0.25, 0.3) is 0 Å². The van der Waals surface area contributed by atoms with Crippen LogP contribution in [0.4, 0.5) is 32.4 Å². The summed E-state index contributed by atoms with van der Waals surface area (Å²) in [5, 5.41) is 1.80. The van der Waals surface area contributed by atoms with E-state index in [1.807, 2.05) is 0 Å². The number of anilines is 1. The molecule has 0 radical (unpaired) electrons. The van der Waals surface area contributed by atoms with Gasteiger partial charge in [0.1, 0.15) is 0 Å². The van der Waals surface area contributed by atoms with Gasteiger partial charge in [-0.3, -0.25) is 5.32 Å². The van der Waals surface area contributed by atoms with Crippen molar-refractivity contribution < 1.29 is 31.5 Å². The van der Waals surface area contributed by atoms with Gasteiger partial charge in [0.15, 0.2) is 0 Å². The molecule has 0 aliphatic rings. The average Bonchev–Trinajstić information content (AvgIpc) is 2.28. The Morgan fingerprint density at radius 3 is 2.22 bits per heavy atom. The third kappa shape index (κ3) is 2.69. The molecule has 0 aliphatic carbocycles. The molecule has 0 saturated carbocycles. The van der Waals surface area contributed by atoms with Crippen LogP contribution < -0.4 is 5.32 Å². The minimum atomic E-state index is -5.75. The minimum absolute atomic E-state index is 0.582. The lowest BCUT2D eigenvalue weighted by Crippen LogP contribution is -2.34. The van der Waals surface area contributed by atoms with E-state index in [0.29, 0.717) is 6.07 Å². The Hall–Kier alpha value is -1.86. The number of para-hydroxylation sites is 1. The molecular formula is C10H8F5NO2. The molecule has 0 unspecified atom stereocenters. The van der Waals surface area contributed by atoms with Crippen LogP contribution in [-0.2, 0) is 10.7 Å². The minimum Gasteiger partial charge on any atom is -0.453 e. The van der Waals surface area contributed by atoms with Gasteiger partial charge >= 0.3 is 18.2 Å². The van der Waals surface area contributed by atoms with Crippen molar-refractivity contribution in [1.29, 1.82) is 0 Å². The first-order valence-corrected chi connectivity index (χ1v) is 4.59. The van der Waals surface area contributed by atoms with Crippen molar-refractivity contribution in [3.63, 3.8) is 0 Å². The lowest BCUT2D eigenvalue weighted by Gasteiger charge is -2.22. The quantitative estimate of drug-likeness (QED) is 0.834. The molecule has 1 amide bonds. The Labute approximate surface area is 98.5 Å². The first kappa shape index (κ1) is 14.2. The summed E-state index contributed by atoms with van der Waals surface area (Å²) in [5.74, 6) is -5.06. The third-order valence-corrected chi connectivity index (χ3v) is 2.04. The van der Waals surface area contributed by atoms with E-state index in [4.69, 9.17) is 0 Å². The second-order valence-electron chi connectivity index (χ2n) is 3.23. The van der Waals surface area contributed by atoms with Gasteiger partial charge in [0.2, 0.25) is 0 Å². The second-order valence-corrected chi connectivity index (χ2v) is 3.23. The predicted octanol–water partition coefficient (Wildman–Crippen LogP) is 3.52. The van der Waals surface area contributed by atoms with Gasteiger partial charge < -0.3 is 4.74 Å². The molecule has 0 heterocycles. The van der Waals surface area contributed by atoms with Crippen LogP contribution in [0.5, 0.6) is 0 Å². The maximum Gasteiger partial charge on any atom is 0.458 e. The van der Waals surface area contributed by atoms with Gasteiger partial charge in [-0.25, -0.2) is 4.79 Å². The number of halogens is 5. The zero-order chi connectivity index (χ0) is 14.0. The van der Waals surface area contributed by atoms with Gasteiger partial charge in [-0.05, 0) is 6.07 Å². The van der Waals surface area contributed by atoms with Gasteiger partial charge in [-0.1, -0.05) is 18.2 Å². The molecule has 0 fully saturated rings. The van der Waals surface area contributed by atoms with Crippen LogP contribution in [0.2, 0.25) is 0 Å². The van der Waals surface area contributed by atoms with E-state index in [9.17, 15) is 26.7 Å². The molecule has 0 bridgehead atoms. The number of carbonyl (C=O) groups is 1. The van der Waals surface area contributed by atoms with Crippen LogP contribution in [0.3, 0.4) is 0 Å². The Balaban J connectivity index is 3.21. The van der Waals surface area contributed by atoms with Crippen LogP contribution >= 0.6 is 0 Å². The molecule has 100 valence electrons.